The van der Waals surface area contributed by atoms with E-state index in [1.54, 1.807) is 14.2 Å². The molecule has 0 unspecified atom stereocenters. The highest BCUT2D eigenvalue weighted by molar-refractivity contribution is 6.13. The van der Waals surface area contributed by atoms with Crippen LogP contribution in [0.5, 0.6) is 11.5 Å². The monoisotopic (exact) mass is 656 g/mol. The molecule has 50 heavy (non-hydrogen) atoms. The van der Waals surface area contributed by atoms with Crippen LogP contribution in [0.3, 0.4) is 0 Å². The van der Waals surface area contributed by atoms with Gasteiger partial charge < -0.3 is 9.47 Å². The van der Waals surface area contributed by atoms with Gasteiger partial charge in [-0.2, -0.15) is 0 Å². The number of rotatable bonds is 6. The summed E-state index contributed by atoms with van der Waals surface area (Å²) in [4.78, 5) is 11.0. The molecule has 7 rings (SSSR count). The number of methoxy groups -OCH3 is 2. The molecule has 0 saturated carbocycles. The van der Waals surface area contributed by atoms with Gasteiger partial charge in [0.15, 0.2) is 0 Å². The fourth-order valence-corrected chi connectivity index (χ4v) is 6.71. The fourth-order valence-electron chi connectivity index (χ4n) is 6.71. The van der Waals surface area contributed by atoms with Crippen molar-refractivity contribution in [1.29, 1.82) is 0 Å². The molecule has 2 aromatic heterocycles. The van der Waals surface area contributed by atoms with E-state index < -0.39 is 0 Å². The number of hydrogen-bond acceptors (Lipinski definition) is 4. The summed E-state index contributed by atoms with van der Waals surface area (Å²) in [6, 6.07) is 42.8. The molecule has 4 heteroatoms. The molecular weight excluding hydrogens is 613 g/mol. The number of benzene rings is 5. The van der Waals surface area contributed by atoms with Crippen LogP contribution in [0, 0.1) is 0 Å². The van der Waals surface area contributed by atoms with E-state index >= 15 is 0 Å². The van der Waals surface area contributed by atoms with Crippen molar-refractivity contribution in [3.8, 4) is 56.3 Å². The zero-order valence-corrected chi connectivity index (χ0v) is 30.3. The third-order valence-corrected chi connectivity index (χ3v) is 9.61. The first-order valence-corrected chi connectivity index (χ1v) is 17.2. The maximum atomic E-state index is 5.96. The summed E-state index contributed by atoms with van der Waals surface area (Å²) in [5.41, 5.74) is 12.0. The van der Waals surface area contributed by atoms with Crippen LogP contribution in [0.1, 0.15) is 52.7 Å². The summed E-state index contributed by atoms with van der Waals surface area (Å²) in [5, 5.41) is 2.08. The minimum absolute atomic E-state index is 0.0471. The summed E-state index contributed by atoms with van der Waals surface area (Å²) in [6.45, 7) is 13.4. The van der Waals surface area contributed by atoms with Gasteiger partial charge in [-0.3, -0.25) is 0 Å². The smallest absolute Gasteiger partial charge is 0.128 e. The first kappa shape index (κ1) is 33.0. The van der Waals surface area contributed by atoms with Crippen molar-refractivity contribution < 1.29 is 9.47 Å². The Balaban J connectivity index is 1.63. The van der Waals surface area contributed by atoms with Crippen molar-refractivity contribution in [2.75, 3.05) is 14.2 Å². The van der Waals surface area contributed by atoms with E-state index in [-0.39, 0.29) is 10.8 Å². The number of nitrogens with zero attached hydrogens (tertiary/aromatic N) is 2. The average molecular weight is 657 g/mol. The molecule has 0 aliphatic heterocycles. The largest absolute Gasteiger partial charge is 0.496 e. The molecule has 0 aliphatic rings. The molecule has 7 aromatic rings. The Morgan fingerprint density at radius 1 is 0.420 bits per heavy atom. The van der Waals surface area contributed by atoms with E-state index in [1.807, 2.05) is 0 Å². The summed E-state index contributed by atoms with van der Waals surface area (Å²) < 4.78 is 11.9. The Bertz CT molecular complexity index is 2180. The minimum atomic E-state index is -0.0471. The maximum Gasteiger partial charge on any atom is 0.128 e. The van der Waals surface area contributed by atoms with Gasteiger partial charge in [0.2, 0.25) is 0 Å². The Hall–Kier alpha value is -5.48. The zero-order chi connectivity index (χ0) is 35.2. The fraction of sp³-hybridized carbons (Fsp3) is 0.217. The lowest BCUT2D eigenvalue weighted by molar-refractivity contribution is 0.415. The molecule has 0 spiro atoms. The van der Waals surface area contributed by atoms with Gasteiger partial charge in [0.25, 0.3) is 0 Å². The first-order chi connectivity index (χ1) is 24.0. The molecule has 2 heterocycles. The van der Waals surface area contributed by atoms with Gasteiger partial charge in [0, 0.05) is 21.9 Å². The van der Waals surface area contributed by atoms with Crippen molar-refractivity contribution in [2.45, 2.75) is 52.4 Å². The van der Waals surface area contributed by atoms with Crippen molar-refractivity contribution in [2.24, 2.45) is 0 Å². The van der Waals surface area contributed by atoms with Gasteiger partial charge >= 0.3 is 0 Å². The molecule has 4 nitrogen and oxygen atoms in total. The third kappa shape index (κ3) is 6.11. The summed E-state index contributed by atoms with van der Waals surface area (Å²) in [6.07, 6.45) is 0. The number of pyridine rings is 2. The van der Waals surface area contributed by atoms with Crippen molar-refractivity contribution in [3.63, 3.8) is 0 Å². The SMILES string of the molecule is COc1ccc(C(C)(C)C)cc1-c1cc(-c2ccccc2)c2ccc3c(-c4ccccc4)cc(-c4cc(C(C)(C)C)ccc4OC)nc3c2n1. The highest BCUT2D eigenvalue weighted by Gasteiger charge is 2.22. The van der Waals surface area contributed by atoms with Gasteiger partial charge in [0.1, 0.15) is 11.5 Å². The van der Waals surface area contributed by atoms with Gasteiger partial charge in [-0.05, 0) is 80.6 Å². The lowest BCUT2D eigenvalue weighted by atomic mass is 9.85. The Kier molecular flexibility index (Phi) is 8.43. The van der Waals surface area contributed by atoms with Crippen LogP contribution in [0.25, 0.3) is 66.6 Å². The third-order valence-electron chi connectivity index (χ3n) is 9.61. The number of aromatic nitrogens is 2. The van der Waals surface area contributed by atoms with Crippen molar-refractivity contribution in [3.05, 3.63) is 132 Å². The summed E-state index contributed by atoms with van der Waals surface area (Å²) >= 11 is 0. The molecule has 0 saturated heterocycles. The standard InChI is InChI=1S/C46H44N2O2/c1-45(2,3)31-19-23-41(49-7)37(25-31)39-27-35(29-15-11-9-12-16-29)33-21-22-34-36(30-17-13-10-14-18-30)28-40(48-44(34)43(33)47-39)38-26-32(46(4,5)6)20-24-42(38)50-8/h9-28H,1-8H3. The molecule has 0 fully saturated rings. The maximum absolute atomic E-state index is 5.96. The lowest BCUT2D eigenvalue weighted by Crippen LogP contribution is -2.11. The highest BCUT2D eigenvalue weighted by Crippen LogP contribution is 2.43. The number of hydrogen-bond donors (Lipinski definition) is 0. The molecule has 0 radical (unpaired) electrons. The topological polar surface area (TPSA) is 44.2 Å². The van der Waals surface area contributed by atoms with Crippen LogP contribution in [-0.4, -0.2) is 24.2 Å². The van der Waals surface area contributed by atoms with Crippen LogP contribution in [-0.2, 0) is 10.8 Å². The van der Waals surface area contributed by atoms with E-state index in [2.05, 4.69) is 163 Å². The molecule has 0 aliphatic carbocycles. The van der Waals surface area contributed by atoms with Gasteiger partial charge in [-0.15, -0.1) is 0 Å². The normalized spacial score (nSPS) is 12.0. The Morgan fingerprint density at radius 3 is 1.14 bits per heavy atom. The van der Waals surface area contributed by atoms with Crippen LogP contribution in [0.4, 0.5) is 0 Å². The molecular formula is C46H44N2O2. The van der Waals surface area contributed by atoms with E-state index in [1.165, 1.54) is 11.1 Å². The van der Waals surface area contributed by atoms with Gasteiger partial charge in [-0.1, -0.05) is 126 Å². The van der Waals surface area contributed by atoms with Crippen molar-refractivity contribution >= 4 is 21.8 Å². The number of ether oxygens (including phenoxy) is 2. The Labute approximate surface area is 295 Å². The molecule has 250 valence electrons. The summed E-state index contributed by atoms with van der Waals surface area (Å²) in [5.74, 6) is 1.57. The van der Waals surface area contributed by atoms with E-state index in [0.29, 0.717) is 0 Å². The van der Waals surface area contributed by atoms with Crippen LogP contribution in [0.2, 0.25) is 0 Å². The number of fused-ring (bicyclic) bond motifs is 3. The molecule has 5 aromatic carbocycles. The predicted molar refractivity (Wildman–Crippen MR) is 209 cm³/mol. The molecule has 0 atom stereocenters. The van der Waals surface area contributed by atoms with E-state index in [0.717, 1.165) is 78.1 Å². The molecule has 0 N–H and O–H groups in total. The quantitative estimate of drug-likeness (QED) is 0.167. The highest BCUT2D eigenvalue weighted by atomic mass is 16.5. The zero-order valence-electron chi connectivity index (χ0n) is 30.3. The second-order valence-electron chi connectivity index (χ2n) is 15.0. The van der Waals surface area contributed by atoms with E-state index in [9.17, 15) is 0 Å². The average Bonchev–Trinajstić information content (AvgIpc) is 3.13. The molecule has 0 amide bonds. The molecule has 0 bridgehead atoms. The predicted octanol–water partition coefficient (Wildman–Crippen LogP) is 12.1. The van der Waals surface area contributed by atoms with Crippen LogP contribution >= 0.6 is 0 Å². The second-order valence-corrected chi connectivity index (χ2v) is 15.0. The Morgan fingerprint density at radius 2 is 0.800 bits per heavy atom. The second kappa shape index (κ2) is 12.8. The summed E-state index contributed by atoms with van der Waals surface area (Å²) in [7, 11) is 3.45. The van der Waals surface area contributed by atoms with Crippen molar-refractivity contribution in [1.82, 2.24) is 9.97 Å². The van der Waals surface area contributed by atoms with Crippen LogP contribution in [0.15, 0.2) is 121 Å². The van der Waals surface area contributed by atoms with Crippen LogP contribution < -0.4 is 9.47 Å². The first-order valence-electron chi connectivity index (χ1n) is 17.2. The lowest BCUT2D eigenvalue weighted by Gasteiger charge is -2.22. The van der Waals surface area contributed by atoms with Gasteiger partial charge in [-0.25, -0.2) is 9.97 Å². The van der Waals surface area contributed by atoms with Gasteiger partial charge in [0.05, 0.1) is 36.6 Å². The minimum Gasteiger partial charge on any atom is -0.496 e. The van der Waals surface area contributed by atoms with E-state index in [4.69, 9.17) is 19.4 Å².